The number of aromatic nitrogens is 6. The number of carbonyl (C=O) groups is 1. The van der Waals surface area contributed by atoms with Gasteiger partial charge in [-0.3, -0.25) is 19.9 Å². The molecule has 16 rings (SSSR count). The zero-order valence-electron chi connectivity index (χ0n) is 75.2. The maximum absolute atomic E-state index is 15.1. The number of nitriles is 2. The summed E-state index contributed by atoms with van der Waals surface area (Å²) in [4.78, 5) is 39.0. The summed E-state index contributed by atoms with van der Waals surface area (Å²) < 4.78 is 214. The number of hydrogen-bond donors (Lipinski definition) is 3. The van der Waals surface area contributed by atoms with E-state index in [-0.39, 0.29) is 23.1 Å². The van der Waals surface area contributed by atoms with Gasteiger partial charge in [-0.1, -0.05) is 119 Å². The Morgan fingerprint density at radius 3 is 1.30 bits per heavy atom. The van der Waals surface area contributed by atoms with Gasteiger partial charge in [-0.05, 0) is 189 Å². The van der Waals surface area contributed by atoms with Crippen molar-refractivity contribution in [1.82, 2.24) is 48.4 Å². The van der Waals surface area contributed by atoms with E-state index < -0.39 is 175 Å². The van der Waals surface area contributed by atoms with Crippen molar-refractivity contribution in [3.05, 3.63) is 217 Å². The molecule has 6 aromatic heterocycles. The van der Waals surface area contributed by atoms with Crippen LogP contribution >= 0.6 is 0 Å². The third kappa shape index (κ3) is 20.2. The molecule has 4 aliphatic heterocycles. The number of nitrogens with one attached hydrogen (secondary N) is 3. The van der Waals surface area contributed by atoms with Crippen molar-refractivity contribution in [3.8, 4) is 68.4 Å². The van der Waals surface area contributed by atoms with E-state index >= 15 is 8.78 Å². The highest BCUT2D eigenvalue weighted by atomic mass is 32.2. The lowest BCUT2D eigenvalue weighted by Gasteiger charge is -2.47. The Labute approximate surface area is 763 Å². The summed E-state index contributed by atoms with van der Waals surface area (Å²) in [6, 6.07) is 39.4. The lowest BCUT2D eigenvalue weighted by atomic mass is 9.63. The van der Waals surface area contributed by atoms with Gasteiger partial charge in [0.25, 0.3) is 17.8 Å². The molecule has 8 fully saturated rings. The van der Waals surface area contributed by atoms with E-state index in [2.05, 4.69) is 69.2 Å². The third-order valence-electron chi connectivity index (χ3n) is 27.6. The summed E-state index contributed by atoms with van der Waals surface area (Å²) in [5, 5.41) is 15.8. The van der Waals surface area contributed by atoms with Crippen LogP contribution in [0, 0.1) is 93.7 Å². The molecule has 8 aromatic rings. The number of benzene rings is 2. The van der Waals surface area contributed by atoms with Crippen LogP contribution in [0.15, 0.2) is 183 Å². The molecule has 1 amide bonds. The predicted molar refractivity (Wildman–Crippen MR) is 491 cm³/mol. The molecule has 131 heavy (non-hydrogen) atoms. The molecule has 0 radical (unpaired) electrons. The number of hydrogen-bond acceptors (Lipinski definition) is 20. The Kier molecular flexibility index (Phi) is 28.8. The highest BCUT2D eigenvalue weighted by Gasteiger charge is 2.68. The van der Waals surface area contributed by atoms with Gasteiger partial charge in [0.1, 0.15) is 5.60 Å². The summed E-state index contributed by atoms with van der Waals surface area (Å²) >= 11 is 0. The van der Waals surface area contributed by atoms with Gasteiger partial charge >= 0.3 is 6.09 Å². The minimum absolute atomic E-state index is 0.0400. The molecule has 4 aliphatic carbocycles. The highest BCUT2D eigenvalue weighted by molar-refractivity contribution is 7.91. The minimum atomic E-state index is -4.35. The second-order valence-electron chi connectivity index (χ2n) is 36.6. The molecule has 696 valence electrons. The number of nitrogens with zero attached hydrogens (tertiary/aromatic N) is 9. The molecule has 0 bridgehead atoms. The molecule has 24 nitrogen and oxygen atoms in total. The predicted octanol–water partition coefficient (Wildman–Crippen LogP) is 18.2. The molecule has 34 heteroatoms. The molecule has 20 atom stereocenters. The Balaban J connectivity index is 0.000000149. The van der Waals surface area contributed by atoms with E-state index in [1.165, 1.54) is 34.8 Å². The number of amides is 1. The fraction of sp³-hybridized carbons (Fsp3) is 0.454. The SMILES string of the molecule is CC[C@@H]1CC[C@@H]2[C@H]([C@H]1/C=C/c1ccc(-c3ccccc3C#N)cn1)[C@@H](C)NS2(=O)=O.COc1ncccc1-c1ccc(/C=C/[C@@H]2[C@@H]3[C@@H](C)N(C(=O)OC(C)(C)C)S(=O)(=O)[C@@H]3CC(F)(F)[C@H]2C)nc1.COc1ncccc1-c1ccc(/C=C/[C@@H]2[C@@H]3[C@@H](C)NS(=O)(=O)[C@]3(C)CC(F)(F)[C@H]2C)nc1.C[C@@H]1[C@H](/C=C/c2ccc(-c3ccccc3C#N)cn2)[C@H]2[C@@H](CC1(F)F)S(=O)(=O)N[C@@H]2C. The second kappa shape index (κ2) is 38.5. The first-order chi connectivity index (χ1) is 61.7. The van der Waals surface area contributed by atoms with E-state index in [0.717, 1.165) is 69.5 Å². The molecular weight excluding hydrogens is 1770 g/mol. The Morgan fingerprint density at radius 2 is 0.878 bits per heavy atom. The summed E-state index contributed by atoms with van der Waals surface area (Å²) in [7, 11) is -12.1. The van der Waals surface area contributed by atoms with Gasteiger partial charge < -0.3 is 14.2 Å². The number of sulfonamides is 4. The van der Waals surface area contributed by atoms with Gasteiger partial charge in [-0.25, -0.2) is 93.2 Å². The number of allylic oxidation sites excluding steroid dienone is 4. The number of pyridine rings is 6. The molecule has 10 heterocycles. The molecule has 4 saturated carbocycles. The van der Waals surface area contributed by atoms with Crippen LogP contribution < -0.4 is 23.6 Å². The van der Waals surface area contributed by atoms with Crippen molar-refractivity contribution in [2.75, 3.05) is 14.2 Å². The standard InChI is InChI=1S/C27H33F2N3O5S.C24H27N3O2S.C23H27F2N3O3S.C23H23F2N3O2S/c1-16-20(12-11-19-10-9-18(15-31-19)21-8-7-13-30-24(21)36-6)23-17(2)32(25(33)37-26(3,4)5)38(34,35)22(23)14-27(16,28)29;1-3-17-9-13-23-24(16(2)27-30(23,28)29)22(17)12-11-20-10-8-19(15-26-20)21-7-5-4-6-18(21)14-25;1-14-18(20-15(2)28-32(29,30)22(20,3)13-23(14,24)25)10-9-17-8-7-16(12-27-17)19-6-5-11-26-21(19)31-4;1-14-19(22-15(2)28-31(29,30)21(22)11-23(14,24)25)10-9-18-8-7-17(13-27-18)20-6-4-3-5-16(20)12-26/h7-13,15-17,20,22-23H,14H2,1-6H3;4-8,10-12,15-17,22-24,27H,3,9,13H2,1-2H3;5-12,14-15,18,20,28H,13H2,1-4H3;3-10,13-15,19,21-22,28H,11H2,1-2H3/b2*12-11+;2*10-9+/t16-,17+,20-,22+,23-;16-,17-,22+,23-,24+;14-,15+,18-,20-,22+;14-,15-,19+,21-,22+/m0101/s1. The highest BCUT2D eigenvalue weighted by Crippen LogP contribution is 2.58. The smallest absolute Gasteiger partial charge is 0.424 e. The lowest BCUT2D eigenvalue weighted by molar-refractivity contribution is -0.121. The van der Waals surface area contributed by atoms with Crippen molar-refractivity contribution in [2.24, 2.45) is 71.0 Å². The monoisotopic (exact) mass is 1880 g/mol. The Hall–Kier alpha value is -10.6. The summed E-state index contributed by atoms with van der Waals surface area (Å²) in [5.41, 5.74) is 9.26. The van der Waals surface area contributed by atoms with E-state index in [1.54, 1.807) is 171 Å². The summed E-state index contributed by atoms with van der Waals surface area (Å²) in [6.45, 7) is 19.9. The normalized spacial score (nSPS) is 30.6. The van der Waals surface area contributed by atoms with Crippen LogP contribution in [0.1, 0.15) is 156 Å². The number of ether oxygens (including phenoxy) is 3. The van der Waals surface area contributed by atoms with Crippen molar-refractivity contribution >= 4 is 70.5 Å². The average Bonchev–Trinajstić information content (AvgIpc) is 1.56. The van der Waals surface area contributed by atoms with Gasteiger partial charge in [-0.2, -0.15) is 10.5 Å². The first-order valence-corrected chi connectivity index (χ1v) is 49.8. The maximum atomic E-state index is 15.1. The van der Waals surface area contributed by atoms with Crippen LogP contribution in [0.5, 0.6) is 11.8 Å². The van der Waals surface area contributed by atoms with Gasteiger partial charge in [0.15, 0.2) is 0 Å². The van der Waals surface area contributed by atoms with E-state index in [1.807, 2.05) is 85.8 Å². The van der Waals surface area contributed by atoms with E-state index in [4.69, 9.17) is 14.2 Å². The third-order valence-corrected chi connectivity index (χ3v) is 36.2. The molecule has 4 saturated heterocycles. The summed E-state index contributed by atoms with van der Waals surface area (Å²) in [6.07, 6.45) is 23.7. The topological polar surface area (TPSA) is 346 Å². The van der Waals surface area contributed by atoms with Crippen LogP contribution in [0.3, 0.4) is 0 Å². The lowest BCUT2D eigenvalue weighted by Crippen LogP contribution is -2.56. The molecule has 3 N–H and O–H groups in total. The van der Waals surface area contributed by atoms with Gasteiger partial charge in [0.05, 0.1) is 86.8 Å². The Bertz CT molecular complexity index is 6200. The molecule has 8 aliphatic rings. The van der Waals surface area contributed by atoms with Crippen molar-refractivity contribution in [1.29, 1.82) is 10.5 Å². The zero-order valence-corrected chi connectivity index (χ0v) is 78.4. The van der Waals surface area contributed by atoms with Gasteiger partial charge in [0, 0.05) is 155 Å². The fourth-order valence-electron chi connectivity index (χ4n) is 20.8. The number of halogens is 6. The summed E-state index contributed by atoms with van der Waals surface area (Å²) in [5.74, 6) is -14.4. The number of carbonyl (C=O) groups excluding carboxylic acids is 1. The van der Waals surface area contributed by atoms with Crippen LogP contribution in [0.25, 0.3) is 68.8 Å². The van der Waals surface area contributed by atoms with Crippen molar-refractivity contribution in [2.45, 2.75) is 190 Å². The minimum Gasteiger partial charge on any atom is -0.481 e. The quantitative estimate of drug-likeness (QED) is 0.0803. The van der Waals surface area contributed by atoms with Crippen LogP contribution in [0.4, 0.5) is 31.1 Å². The Morgan fingerprint density at radius 1 is 0.489 bits per heavy atom. The van der Waals surface area contributed by atoms with Crippen molar-refractivity contribution < 1.29 is 79.0 Å². The van der Waals surface area contributed by atoms with Gasteiger partial charge in [-0.15, -0.1) is 0 Å². The van der Waals surface area contributed by atoms with Gasteiger partial charge in [0.2, 0.25) is 51.9 Å². The van der Waals surface area contributed by atoms with Crippen LogP contribution in [-0.2, 0) is 44.8 Å². The largest absolute Gasteiger partial charge is 0.481 e. The number of alkyl halides is 6. The first kappa shape index (κ1) is 97.9. The average molecular weight is 1880 g/mol. The molecule has 0 unspecified atom stereocenters. The fourth-order valence-corrected chi connectivity index (χ4v) is 29.4. The van der Waals surface area contributed by atoms with E-state index in [9.17, 15) is 66.6 Å². The maximum Gasteiger partial charge on any atom is 0.424 e. The number of rotatable bonds is 15. The molecule has 0 spiro atoms. The molecule has 2 aromatic carbocycles. The van der Waals surface area contributed by atoms with E-state index in [0.29, 0.717) is 50.2 Å². The first-order valence-electron chi connectivity index (χ1n) is 43.7. The second-order valence-corrected chi connectivity index (χ2v) is 44.7. The zero-order chi connectivity index (χ0) is 95.0. The van der Waals surface area contributed by atoms with Crippen LogP contribution in [-0.4, -0.2) is 156 Å². The molecular formula is C97H110F6N12O12S4. The number of methoxy groups -OCH3 is 2. The number of fused-ring (bicyclic) bond motifs is 4. The van der Waals surface area contributed by atoms with Crippen LogP contribution in [0.2, 0.25) is 0 Å². The van der Waals surface area contributed by atoms with Crippen molar-refractivity contribution in [3.63, 3.8) is 0 Å².